The SMILES string of the molecule is CCOc1ccc(C(C)c2cc(OC)c(OC)c(OC)c2)cc1NC(=O)[C@@H](N)CO. The zero-order chi connectivity index (χ0) is 22.3. The van der Waals surface area contributed by atoms with Crippen LogP contribution in [0.25, 0.3) is 0 Å². The van der Waals surface area contributed by atoms with Crippen molar-refractivity contribution in [3.8, 4) is 23.0 Å². The molecule has 2 aromatic carbocycles. The fourth-order valence-corrected chi connectivity index (χ4v) is 3.05. The van der Waals surface area contributed by atoms with E-state index in [0.717, 1.165) is 11.1 Å². The lowest BCUT2D eigenvalue weighted by atomic mass is 9.92. The second-order valence-electron chi connectivity index (χ2n) is 6.65. The molecule has 1 unspecified atom stereocenters. The summed E-state index contributed by atoms with van der Waals surface area (Å²) in [5.41, 5.74) is 7.99. The Hall–Kier alpha value is -2.97. The third kappa shape index (κ3) is 5.14. The molecule has 2 atom stereocenters. The van der Waals surface area contributed by atoms with Gasteiger partial charge in [0.15, 0.2) is 11.5 Å². The molecule has 0 radical (unpaired) electrons. The fraction of sp³-hybridized carbons (Fsp3) is 0.409. The fourth-order valence-electron chi connectivity index (χ4n) is 3.05. The highest BCUT2D eigenvalue weighted by Gasteiger charge is 2.20. The minimum Gasteiger partial charge on any atom is -0.493 e. The van der Waals surface area contributed by atoms with E-state index in [2.05, 4.69) is 5.32 Å². The Kier molecular flexibility index (Phi) is 8.32. The number of benzene rings is 2. The molecule has 8 nitrogen and oxygen atoms in total. The predicted molar refractivity (Wildman–Crippen MR) is 115 cm³/mol. The van der Waals surface area contributed by atoms with Crippen molar-refractivity contribution >= 4 is 11.6 Å². The van der Waals surface area contributed by atoms with E-state index < -0.39 is 18.6 Å². The van der Waals surface area contributed by atoms with Gasteiger partial charge in [-0.1, -0.05) is 13.0 Å². The van der Waals surface area contributed by atoms with Gasteiger partial charge in [0.2, 0.25) is 11.7 Å². The van der Waals surface area contributed by atoms with E-state index in [-0.39, 0.29) is 5.92 Å². The number of methoxy groups -OCH3 is 3. The summed E-state index contributed by atoms with van der Waals surface area (Å²) in [4.78, 5) is 12.2. The Morgan fingerprint density at radius 1 is 1.03 bits per heavy atom. The highest BCUT2D eigenvalue weighted by Crippen LogP contribution is 2.42. The predicted octanol–water partition coefficient (Wildman–Crippen LogP) is 2.52. The van der Waals surface area contributed by atoms with Crippen molar-refractivity contribution in [2.24, 2.45) is 5.73 Å². The summed E-state index contributed by atoms with van der Waals surface area (Å²) in [6.07, 6.45) is 0. The number of rotatable bonds is 10. The number of nitrogens with one attached hydrogen (secondary N) is 1. The van der Waals surface area contributed by atoms with Crippen LogP contribution >= 0.6 is 0 Å². The van der Waals surface area contributed by atoms with Crippen molar-refractivity contribution in [1.82, 2.24) is 0 Å². The van der Waals surface area contributed by atoms with Gasteiger partial charge in [-0.25, -0.2) is 0 Å². The first-order valence-electron chi connectivity index (χ1n) is 9.64. The minimum atomic E-state index is -1.02. The monoisotopic (exact) mass is 418 g/mol. The van der Waals surface area contributed by atoms with E-state index in [1.807, 2.05) is 38.1 Å². The molecule has 0 aliphatic carbocycles. The first-order chi connectivity index (χ1) is 14.4. The van der Waals surface area contributed by atoms with Crippen LogP contribution in [0, 0.1) is 0 Å². The summed E-state index contributed by atoms with van der Waals surface area (Å²) in [5.74, 6) is 1.62. The third-order valence-corrected chi connectivity index (χ3v) is 4.78. The van der Waals surface area contributed by atoms with E-state index in [1.54, 1.807) is 27.4 Å². The number of anilines is 1. The van der Waals surface area contributed by atoms with Gasteiger partial charge in [-0.05, 0) is 42.3 Å². The number of carbonyl (C=O) groups is 1. The van der Waals surface area contributed by atoms with Crippen LogP contribution in [0.3, 0.4) is 0 Å². The maximum atomic E-state index is 12.2. The number of ether oxygens (including phenoxy) is 4. The maximum Gasteiger partial charge on any atom is 0.243 e. The first-order valence-corrected chi connectivity index (χ1v) is 9.64. The molecule has 0 saturated carbocycles. The van der Waals surface area contributed by atoms with E-state index in [1.165, 1.54) is 0 Å². The molecule has 8 heteroatoms. The number of aliphatic hydroxyl groups is 1. The summed E-state index contributed by atoms with van der Waals surface area (Å²) in [5, 5.41) is 11.9. The number of nitrogens with two attached hydrogens (primary N) is 1. The Morgan fingerprint density at radius 2 is 1.67 bits per heavy atom. The van der Waals surface area contributed by atoms with Crippen LogP contribution in [0.15, 0.2) is 30.3 Å². The Balaban J connectivity index is 2.45. The minimum absolute atomic E-state index is 0.0588. The number of hydrogen-bond acceptors (Lipinski definition) is 7. The zero-order valence-electron chi connectivity index (χ0n) is 18.0. The van der Waals surface area contributed by atoms with Gasteiger partial charge in [0.1, 0.15) is 11.8 Å². The second kappa shape index (κ2) is 10.7. The van der Waals surface area contributed by atoms with Crippen LogP contribution in [0.5, 0.6) is 23.0 Å². The Morgan fingerprint density at radius 3 is 2.17 bits per heavy atom. The number of carbonyl (C=O) groups excluding carboxylic acids is 1. The molecule has 2 rings (SSSR count). The Labute approximate surface area is 176 Å². The van der Waals surface area contributed by atoms with Crippen LogP contribution in [0.2, 0.25) is 0 Å². The zero-order valence-corrected chi connectivity index (χ0v) is 18.0. The van der Waals surface area contributed by atoms with Crippen molar-refractivity contribution < 1.29 is 28.8 Å². The number of hydrogen-bond donors (Lipinski definition) is 3. The average molecular weight is 418 g/mol. The van der Waals surface area contributed by atoms with Crippen LogP contribution in [0.4, 0.5) is 5.69 Å². The van der Waals surface area contributed by atoms with E-state index in [4.69, 9.17) is 29.8 Å². The molecule has 0 heterocycles. The molecule has 0 aliphatic heterocycles. The van der Waals surface area contributed by atoms with Gasteiger partial charge < -0.3 is 35.1 Å². The third-order valence-electron chi connectivity index (χ3n) is 4.78. The molecule has 0 saturated heterocycles. The molecule has 0 fully saturated rings. The van der Waals surface area contributed by atoms with Gasteiger partial charge in [0, 0.05) is 5.92 Å². The highest BCUT2D eigenvalue weighted by atomic mass is 16.5. The summed E-state index contributed by atoms with van der Waals surface area (Å²) in [7, 11) is 4.70. The van der Waals surface area contributed by atoms with Gasteiger partial charge in [-0.3, -0.25) is 4.79 Å². The molecule has 4 N–H and O–H groups in total. The topological polar surface area (TPSA) is 112 Å². The van der Waals surface area contributed by atoms with Crippen molar-refractivity contribution in [3.05, 3.63) is 41.5 Å². The maximum absolute atomic E-state index is 12.2. The van der Waals surface area contributed by atoms with Gasteiger partial charge in [-0.2, -0.15) is 0 Å². The lowest BCUT2D eigenvalue weighted by Crippen LogP contribution is -2.38. The van der Waals surface area contributed by atoms with Crippen LogP contribution < -0.4 is 30.0 Å². The van der Waals surface area contributed by atoms with Crippen molar-refractivity contribution in [3.63, 3.8) is 0 Å². The van der Waals surface area contributed by atoms with Crippen molar-refractivity contribution in [2.45, 2.75) is 25.8 Å². The average Bonchev–Trinajstić information content (AvgIpc) is 2.77. The molecule has 0 spiro atoms. The standard InChI is InChI=1S/C22H30N2O6/c1-6-30-18-8-7-14(9-17(18)24-22(26)16(23)12-25)13(2)15-10-19(27-3)21(29-5)20(11-15)28-4/h7-11,13,16,25H,6,12,23H2,1-5H3,(H,24,26)/t13?,16-/m0/s1. The molecule has 0 bridgehead atoms. The van der Waals surface area contributed by atoms with E-state index in [0.29, 0.717) is 35.3 Å². The number of aliphatic hydroxyl groups excluding tert-OH is 1. The molecule has 2 aromatic rings. The first kappa shape index (κ1) is 23.3. The second-order valence-corrected chi connectivity index (χ2v) is 6.65. The molecular weight excluding hydrogens is 388 g/mol. The van der Waals surface area contributed by atoms with E-state index >= 15 is 0 Å². The van der Waals surface area contributed by atoms with Crippen molar-refractivity contribution in [2.75, 3.05) is 39.9 Å². The molecule has 1 amide bonds. The summed E-state index contributed by atoms with van der Waals surface area (Å²) in [6.45, 7) is 3.88. The van der Waals surface area contributed by atoms with Crippen molar-refractivity contribution in [1.29, 1.82) is 0 Å². The summed E-state index contributed by atoms with van der Waals surface area (Å²) >= 11 is 0. The largest absolute Gasteiger partial charge is 0.493 e. The van der Waals surface area contributed by atoms with Gasteiger partial charge >= 0.3 is 0 Å². The summed E-state index contributed by atoms with van der Waals surface area (Å²) < 4.78 is 21.9. The molecule has 30 heavy (non-hydrogen) atoms. The summed E-state index contributed by atoms with van der Waals surface area (Å²) in [6, 6.07) is 8.33. The smallest absolute Gasteiger partial charge is 0.243 e. The Bertz CT molecular complexity index is 846. The lowest BCUT2D eigenvalue weighted by molar-refractivity contribution is -0.118. The van der Waals surface area contributed by atoms with Crippen LogP contribution in [0.1, 0.15) is 30.9 Å². The van der Waals surface area contributed by atoms with Gasteiger partial charge in [0.25, 0.3) is 0 Å². The quantitative estimate of drug-likeness (QED) is 0.543. The van der Waals surface area contributed by atoms with Gasteiger partial charge in [-0.15, -0.1) is 0 Å². The van der Waals surface area contributed by atoms with Crippen LogP contribution in [-0.4, -0.2) is 51.6 Å². The normalized spacial score (nSPS) is 12.6. The molecule has 164 valence electrons. The van der Waals surface area contributed by atoms with E-state index in [9.17, 15) is 4.79 Å². The lowest BCUT2D eigenvalue weighted by Gasteiger charge is -2.20. The van der Waals surface area contributed by atoms with Gasteiger partial charge in [0.05, 0.1) is 40.2 Å². The number of amides is 1. The molecule has 0 aromatic heterocycles. The highest BCUT2D eigenvalue weighted by molar-refractivity contribution is 5.96. The van der Waals surface area contributed by atoms with Crippen LogP contribution in [-0.2, 0) is 4.79 Å². The molecular formula is C22H30N2O6. The molecule has 0 aliphatic rings.